The number of carboxylic acid groups (broad SMARTS) is 1. The second-order valence-electron chi connectivity index (χ2n) is 6.08. The fourth-order valence-corrected chi connectivity index (χ4v) is 2.84. The van der Waals surface area contributed by atoms with Crippen molar-refractivity contribution in [3.8, 4) is 0 Å². The average Bonchev–Trinajstić information content (AvgIpc) is 2.55. The number of anilines is 1. The number of carbonyl (C=O) groups is 2. The Hall–Kier alpha value is -2.31. The molecule has 24 heavy (non-hydrogen) atoms. The van der Waals surface area contributed by atoms with Crippen LogP contribution in [0.1, 0.15) is 32.1 Å². The molecule has 7 heteroatoms. The van der Waals surface area contributed by atoms with Crippen molar-refractivity contribution < 1.29 is 19.1 Å². The fraction of sp³-hybridized carbons (Fsp3) is 0.529. The van der Waals surface area contributed by atoms with Crippen LogP contribution in [0, 0.1) is 11.7 Å². The Balaban J connectivity index is 1.55. The van der Waals surface area contributed by atoms with Crippen molar-refractivity contribution in [2.75, 3.05) is 18.4 Å². The van der Waals surface area contributed by atoms with E-state index >= 15 is 0 Å². The molecule has 0 radical (unpaired) electrons. The van der Waals surface area contributed by atoms with Gasteiger partial charge in [-0.25, -0.2) is 9.18 Å². The van der Waals surface area contributed by atoms with Crippen LogP contribution in [0.3, 0.4) is 0 Å². The standard InChI is InChI=1S/C17H24FN3O3/c18-13-3-1-4-15(11-13)19-9-2-10-20-17(24)21-14-7-5-12(6-8-14)16(22)23/h1,3-4,11-12,14,19H,2,5-10H2,(H,22,23)(H2,20,21,24). The van der Waals surface area contributed by atoms with Crippen molar-refractivity contribution in [3.05, 3.63) is 30.1 Å². The van der Waals surface area contributed by atoms with Gasteiger partial charge in [0.25, 0.3) is 0 Å². The largest absolute Gasteiger partial charge is 0.481 e. The summed E-state index contributed by atoms with van der Waals surface area (Å²) in [5, 5.41) is 17.7. The Bertz CT molecular complexity index is 560. The molecular weight excluding hydrogens is 313 g/mol. The van der Waals surface area contributed by atoms with E-state index in [1.165, 1.54) is 12.1 Å². The smallest absolute Gasteiger partial charge is 0.315 e. The monoisotopic (exact) mass is 337 g/mol. The minimum absolute atomic E-state index is 0.0472. The van der Waals surface area contributed by atoms with Crippen LogP contribution in [-0.2, 0) is 4.79 Å². The van der Waals surface area contributed by atoms with Crippen LogP contribution in [-0.4, -0.2) is 36.2 Å². The van der Waals surface area contributed by atoms with Gasteiger partial charge in [-0.05, 0) is 50.3 Å². The molecule has 6 nitrogen and oxygen atoms in total. The van der Waals surface area contributed by atoms with Gasteiger partial charge in [-0.15, -0.1) is 0 Å². The molecule has 0 unspecified atom stereocenters. The van der Waals surface area contributed by atoms with Gasteiger partial charge >= 0.3 is 12.0 Å². The first-order valence-electron chi connectivity index (χ1n) is 8.31. The number of aliphatic carboxylic acids is 1. The number of amides is 2. The predicted octanol–water partition coefficient (Wildman–Crippen LogP) is 2.57. The molecule has 2 amide bonds. The summed E-state index contributed by atoms with van der Waals surface area (Å²) in [7, 11) is 0. The zero-order valence-corrected chi connectivity index (χ0v) is 13.6. The lowest BCUT2D eigenvalue weighted by Crippen LogP contribution is -2.44. The molecule has 1 aliphatic rings. The number of nitrogens with one attached hydrogen (secondary N) is 3. The van der Waals surface area contributed by atoms with Crippen LogP contribution < -0.4 is 16.0 Å². The minimum Gasteiger partial charge on any atom is -0.481 e. The maximum atomic E-state index is 13.0. The second-order valence-corrected chi connectivity index (χ2v) is 6.08. The summed E-state index contributed by atoms with van der Waals surface area (Å²) >= 11 is 0. The topological polar surface area (TPSA) is 90.5 Å². The molecule has 0 atom stereocenters. The van der Waals surface area contributed by atoms with Crippen molar-refractivity contribution in [2.45, 2.75) is 38.1 Å². The minimum atomic E-state index is -0.747. The van der Waals surface area contributed by atoms with Gasteiger partial charge in [0.15, 0.2) is 0 Å². The van der Waals surface area contributed by atoms with Crippen LogP contribution in [0.5, 0.6) is 0 Å². The van der Waals surface area contributed by atoms with Crippen molar-refractivity contribution in [1.29, 1.82) is 0 Å². The first kappa shape index (κ1) is 18.0. The van der Waals surface area contributed by atoms with Gasteiger partial charge in [0, 0.05) is 24.8 Å². The molecule has 132 valence electrons. The van der Waals surface area contributed by atoms with E-state index in [4.69, 9.17) is 5.11 Å². The highest BCUT2D eigenvalue weighted by Crippen LogP contribution is 2.24. The van der Waals surface area contributed by atoms with Gasteiger partial charge in [-0.1, -0.05) is 6.07 Å². The highest BCUT2D eigenvalue weighted by Gasteiger charge is 2.26. The highest BCUT2D eigenvalue weighted by molar-refractivity contribution is 5.74. The summed E-state index contributed by atoms with van der Waals surface area (Å²) in [5.41, 5.74) is 0.717. The Labute approximate surface area is 140 Å². The molecule has 1 aromatic rings. The molecule has 4 N–H and O–H groups in total. The Morgan fingerprint density at radius 3 is 2.58 bits per heavy atom. The first-order valence-corrected chi connectivity index (χ1v) is 8.31. The number of halogens is 1. The SMILES string of the molecule is O=C(NCCCNc1cccc(F)c1)NC1CCC(C(=O)O)CC1. The van der Waals surface area contributed by atoms with Crippen molar-refractivity contribution in [2.24, 2.45) is 5.92 Å². The molecule has 0 aromatic heterocycles. The lowest BCUT2D eigenvalue weighted by Gasteiger charge is -2.26. The molecular formula is C17H24FN3O3. The Morgan fingerprint density at radius 1 is 1.17 bits per heavy atom. The molecule has 0 saturated heterocycles. The third-order valence-corrected chi connectivity index (χ3v) is 4.20. The van der Waals surface area contributed by atoms with E-state index in [-0.39, 0.29) is 23.8 Å². The van der Waals surface area contributed by atoms with E-state index in [0.717, 1.165) is 12.1 Å². The van der Waals surface area contributed by atoms with Crippen LogP contribution >= 0.6 is 0 Å². The van der Waals surface area contributed by atoms with Gasteiger partial charge in [0.2, 0.25) is 0 Å². The van der Waals surface area contributed by atoms with Gasteiger partial charge in [0.1, 0.15) is 5.82 Å². The summed E-state index contributed by atoms with van der Waals surface area (Å²) in [4.78, 5) is 22.7. The van der Waals surface area contributed by atoms with E-state index in [2.05, 4.69) is 16.0 Å². The third kappa shape index (κ3) is 6.06. The molecule has 1 aromatic carbocycles. The summed E-state index contributed by atoms with van der Waals surface area (Å²) in [6, 6.07) is 6.07. The number of carbonyl (C=O) groups excluding carboxylic acids is 1. The van der Waals surface area contributed by atoms with Gasteiger partial charge in [0.05, 0.1) is 5.92 Å². The van der Waals surface area contributed by atoms with E-state index in [1.807, 2.05) is 0 Å². The normalized spacial score (nSPS) is 20.2. The number of hydrogen-bond acceptors (Lipinski definition) is 3. The fourth-order valence-electron chi connectivity index (χ4n) is 2.84. The molecule has 2 rings (SSSR count). The summed E-state index contributed by atoms with van der Waals surface area (Å²) in [6.07, 6.45) is 3.34. The molecule has 0 spiro atoms. The molecule has 0 heterocycles. The quantitative estimate of drug-likeness (QED) is 0.576. The predicted molar refractivity (Wildman–Crippen MR) is 89.4 cm³/mol. The molecule has 1 fully saturated rings. The van der Waals surface area contributed by atoms with E-state index in [0.29, 0.717) is 38.8 Å². The van der Waals surface area contributed by atoms with Crippen LogP contribution in [0.2, 0.25) is 0 Å². The lowest BCUT2D eigenvalue weighted by atomic mass is 9.86. The zero-order chi connectivity index (χ0) is 17.4. The number of urea groups is 1. The van der Waals surface area contributed by atoms with E-state index < -0.39 is 5.97 Å². The Kier molecular flexibility index (Phi) is 6.84. The van der Waals surface area contributed by atoms with Crippen LogP contribution in [0.4, 0.5) is 14.9 Å². The van der Waals surface area contributed by atoms with Gasteiger partial charge < -0.3 is 21.1 Å². The maximum Gasteiger partial charge on any atom is 0.315 e. The van der Waals surface area contributed by atoms with Crippen molar-refractivity contribution in [1.82, 2.24) is 10.6 Å². The van der Waals surface area contributed by atoms with Crippen LogP contribution in [0.15, 0.2) is 24.3 Å². The summed E-state index contributed by atoms with van der Waals surface area (Å²) < 4.78 is 13.0. The Morgan fingerprint density at radius 2 is 1.92 bits per heavy atom. The molecule has 1 saturated carbocycles. The van der Waals surface area contributed by atoms with E-state index in [1.54, 1.807) is 12.1 Å². The summed E-state index contributed by atoms with van der Waals surface area (Å²) in [5.74, 6) is -1.31. The number of rotatable bonds is 7. The van der Waals surface area contributed by atoms with Crippen molar-refractivity contribution in [3.63, 3.8) is 0 Å². The molecule has 0 aliphatic heterocycles. The zero-order valence-electron chi connectivity index (χ0n) is 13.6. The van der Waals surface area contributed by atoms with E-state index in [9.17, 15) is 14.0 Å². The lowest BCUT2D eigenvalue weighted by molar-refractivity contribution is -0.142. The molecule has 0 bridgehead atoms. The summed E-state index contributed by atoms with van der Waals surface area (Å²) in [6.45, 7) is 1.14. The number of hydrogen-bond donors (Lipinski definition) is 4. The van der Waals surface area contributed by atoms with Crippen molar-refractivity contribution >= 4 is 17.7 Å². The highest BCUT2D eigenvalue weighted by atomic mass is 19.1. The second kappa shape index (κ2) is 9.10. The third-order valence-electron chi connectivity index (χ3n) is 4.20. The number of carboxylic acids is 1. The first-order chi connectivity index (χ1) is 11.5. The maximum absolute atomic E-state index is 13.0. The van der Waals surface area contributed by atoms with Gasteiger partial charge in [-0.2, -0.15) is 0 Å². The number of benzene rings is 1. The van der Waals surface area contributed by atoms with Crippen LogP contribution in [0.25, 0.3) is 0 Å². The van der Waals surface area contributed by atoms with Gasteiger partial charge in [-0.3, -0.25) is 4.79 Å². The molecule has 1 aliphatic carbocycles. The average molecular weight is 337 g/mol.